The molecule has 2 amide bonds. The Balaban J connectivity index is 1.46. The Bertz CT molecular complexity index is 418. The van der Waals surface area contributed by atoms with Crippen LogP contribution in [0.25, 0.3) is 0 Å². The van der Waals surface area contributed by atoms with E-state index in [1.54, 1.807) is 6.20 Å². The van der Waals surface area contributed by atoms with E-state index in [1.165, 1.54) is 24.2 Å². The highest BCUT2D eigenvalue weighted by Gasteiger charge is 2.29. The van der Waals surface area contributed by atoms with E-state index in [1.807, 2.05) is 10.3 Å². The van der Waals surface area contributed by atoms with Crippen LogP contribution in [0.2, 0.25) is 0 Å². The Labute approximate surface area is 117 Å². The lowest BCUT2D eigenvalue weighted by Gasteiger charge is -2.20. The molecule has 5 nitrogen and oxygen atoms in total. The summed E-state index contributed by atoms with van der Waals surface area (Å²) < 4.78 is 5.75. The average molecular weight is 281 g/mol. The van der Waals surface area contributed by atoms with E-state index < -0.39 is 0 Å². The number of rotatable bonds is 3. The first-order valence-electron chi connectivity index (χ1n) is 6.93. The second-order valence-electron chi connectivity index (χ2n) is 5.20. The number of nitrogens with zero attached hydrogens (tertiary/aromatic N) is 2. The zero-order valence-electron chi connectivity index (χ0n) is 10.9. The van der Waals surface area contributed by atoms with Crippen molar-refractivity contribution in [2.24, 2.45) is 0 Å². The number of aromatic nitrogens is 1. The smallest absolute Gasteiger partial charge is 0.317 e. The summed E-state index contributed by atoms with van der Waals surface area (Å²) in [5.74, 6) is 0. The summed E-state index contributed by atoms with van der Waals surface area (Å²) in [7, 11) is 0. The fraction of sp³-hybridized carbons (Fsp3) is 0.692. The number of hydrogen-bond donors (Lipinski definition) is 1. The van der Waals surface area contributed by atoms with Gasteiger partial charge in [0, 0.05) is 30.6 Å². The lowest BCUT2D eigenvalue weighted by molar-refractivity contribution is 0.184. The third kappa shape index (κ3) is 3.18. The molecule has 1 saturated heterocycles. The molecule has 0 bridgehead atoms. The normalized spacial score (nSPS) is 23.8. The van der Waals surface area contributed by atoms with Crippen molar-refractivity contribution >= 4 is 17.4 Å². The van der Waals surface area contributed by atoms with Gasteiger partial charge in [-0.25, -0.2) is 9.78 Å². The Morgan fingerprint density at radius 1 is 1.42 bits per heavy atom. The standard InChI is InChI=1S/C13H19N3O2S/c17-12(15-10-3-1-2-4-10)16-7-5-11(9-16)18-13-14-6-8-19-13/h6,8,10-11H,1-5,7,9H2,(H,15,17). The Kier molecular flexibility index (Phi) is 3.87. The van der Waals surface area contributed by atoms with Crippen LogP contribution in [0, 0.1) is 0 Å². The summed E-state index contributed by atoms with van der Waals surface area (Å²) >= 11 is 1.49. The number of carbonyl (C=O) groups excluding carboxylic acids is 1. The molecule has 0 spiro atoms. The maximum atomic E-state index is 12.1. The van der Waals surface area contributed by atoms with Gasteiger partial charge in [-0.2, -0.15) is 0 Å². The monoisotopic (exact) mass is 281 g/mol. The quantitative estimate of drug-likeness (QED) is 0.924. The van der Waals surface area contributed by atoms with Gasteiger partial charge in [0.15, 0.2) is 0 Å². The van der Waals surface area contributed by atoms with Crippen LogP contribution in [-0.4, -0.2) is 41.2 Å². The van der Waals surface area contributed by atoms with Gasteiger partial charge in [-0.15, -0.1) is 0 Å². The van der Waals surface area contributed by atoms with Gasteiger partial charge in [-0.05, 0) is 12.8 Å². The Hall–Kier alpha value is -1.30. The minimum atomic E-state index is 0.0668. The molecule has 1 atom stereocenters. The van der Waals surface area contributed by atoms with E-state index in [2.05, 4.69) is 10.3 Å². The fourth-order valence-corrected chi connectivity index (χ4v) is 3.31. The lowest BCUT2D eigenvalue weighted by Crippen LogP contribution is -2.43. The van der Waals surface area contributed by atoms with Crippen molar-refractivity contribution in [1.82, 2.24) is 15.2 Å². The van der Waals surface area contributed by atoms with Gasteiger partial charge in [0.1, 0.15) is 6.10 Å². The highest BCUT2D eigenvalue weighted by Crippen LogP contribution is 2.21. The van der Waals surface area contributed by atoms with Gasteiger partial charge >= 0.3 is 6.03 Å². The molecule has 6 heteroatoms. The molecule has 0 radical (unpaired) electrons. The van der Waals surface area contributed by atoms with Crippen LogP contribution in [0.4, 0.5) is 4.79 Å². The highest BCUT2D eigenvalue weighted by molar-refractivity contribution is 7.11. The molecule has 0 aromatic carbocycles. The number of amides is 2. The van der Waals surface area contributed by atoms with Crippen molar-refractivity contribution in [2.45, 2.75) is 44.2 Å². The Morgan fingerprint density at radius 2 is 2.26 bits per heavy atom. The Morgan fingerprint density at radius 3 is 3.00 bits per heavy atom. The molecule has 2 aliphatic rings. The van der Waals surface area contributed by atoms with Gasteiger partial charge in [-0.3, -0.25) is 0 Å². The van der Waals surface area contributed by atoms with Gasteiger partial charge in [0.25, 0.3) is 5.19 Å². The van der Waals surface area contributed by atoms with Crippen molar-refractivity contribution in [3.63, 3.8) is 0 Å². The minimum Gasteiger partial charge on any atom is -0.465 e. The van der Waals surface area contributed by atoms with Gasteiger partial charge in [-0.1, -0.05) is 24.2 Å². The van der Waals surface area contributed by atoms with E-state index >= 15 is 0 Å². The second-order valence-corrected chi connectivity index (χ2v) is 6.06. The van der Waals surface area contributed by atoms with Gasteiger partial charge < -0.3 is 15.0 Å². The molecular formula is C13H19N3O2S. The van der Waals surface area contributed by atoms with Crippen molar-refractivity contribution < 1.29 is 9.53 Å². The summed E-state index contributed by atoms with van der Waals surface area (Å²) in [4.78, 5) is 18.1. The fourth-order valence-electron chi connectivity index (χ4n) is 2.76. The number of ether oxygens (including phenoxy) is 1. The molecule has 1 N–H and O–H groups in total. The summed E-state index contributed by atoms with van der Waals surface area (Å²) in [6.07, 6.45) is 7.43. The van der Waals surface area contributed by atoms with E-state index in [-0.39, 0.29) is 12.1 Å². The molecule has 2 fully saturated rings. The van der Waals surface area contributed by atoms with Crippen molar-refractivity contribution in [3.8, 4) is 5.19 Å². The number of hydrogen-bond acceptors (Lipinski definition) is 4. The summed E-state index contributed by atoms with van der Waals surface area (Å²) in [6, 6.07) is 0.448. The van der Waals surface area contributed by atoms with Crippen LogP contribution in [0.15, 0.2) is 11.6 Å². The number of nitrogens with one attached hydrogen (secondary N) is 1. The lowest BCUT2D eigenvalue weighted by atomic mass is 10.2. The molecule has 1 aliphatic heterocycles. The minimum absolute atomic E-state index is 0.0668. The third-order valence-electron chi connectivity index (χ3n) is 3.79. The third-order valence-corrected chi connectivity index (χ3v) is 4.45. The average Bonchev–Trinajstić information content (AvgIpc) is 3.10. The second kappa shape index (κ2) is 5.77. The first-order chi connectivity index (χ1) is 9.31. The molecule has 1 aliphatic carbocycles. The molecule has 2 heterocycles. The number of thiazole rings is 1. The molecule has 1 saturated carbocycles. The van der Waals surface area contributed by atoms with Crippen LogP contribution in [0.3, 0.4) is 0 Å². The van der Waals surface area contributed by atoms with Gasteiger partial charge in [0.2, 0.25) is 0 Å². The highest BCUT2D eigenvalue weighted by atomic mass is 32.1. The number of carbonyl (C=O) groups is 1. The van der Waals surface area contributed by atoms with Crippen LogP contribution < -0.4 is 10.1 Å². The van der Waals surface area contributed by atoms with E-state index in [0.29, 0.717) is 17.8 Å². The predicted molar refractivity (Wildman–Crippen MR) is 73.5 cm³/mol. The van der Waals surface area contributed by atoms with E-state index in [9.17, 15) is 4.79 Å². The zero-order chi connectivity index (χ0) is 13.1. The summed E-state index contributed by atoms with van der Waals surface area (Å²) in [6.45, 7) is 1.44. The molecule has 104 valence electrons. The molecule has 3 rings (SSSR count). The maximum Gasteiger partial charge on any atom is 0.317 e. The largest absolute Gasteiger partial charge is 0.465 e. The summed E-state index contributed by atoms with van der Waals surface area (Å²) in [5, 5.41) is 5.71. The molecule has 19 heavy (non-hydrogen) atoms. The SMILES string of the molecule is O=C(NC1CCCC1)N1CCC(Oc2nccs2)C1. The van der Waals surface area contributed by atoms with Crippen LogP contribution in [-0.2, 0) is 0 Å². The van der Waals surface area contributed by atoms with Crippen molar-refractivity contribution in [2.75, 3.05) is 13.1 Å². The molecular weight excluding hydrogens is 262 g/mol. The first kappa shape index (κ1) is 12.7. The topological polar surface area (TPSA) is 54.5 Å². The maximum absolute atomic E-state index is 12.1. The molecule has 1 aromatic rings. The van der Waals surface area contributed by atoms with Crippen molar-refractivity contribution in [3.05, 3.63) is 11.6 Å². The number of likely N-dealkylation sites (tertiary alicyclic amines) is 1. The zero-order valence-corrected chi connectivity index (χ0v) is 11.7. The predicted octanol–water partition coefficient (Wildman–Crippen LogP) is 2.25. The summed E-state index contributed by atoms with van der Waals surface area (Å²) in [5.41, 5.74) is 0. The van der Waals surface area contributed by atoms with E-state index in [4.69, 9.17) is 4.74 Å². The number of urea groups is 1. The first-order valence-corrected chi connectivity index (χ1v) is 7.81. The molecule has 1 aromatic heterocycles. The van der Waals surface area contributed by atoms with Crippen LogP contribution in [0.5, 0.6) is 5.19 Å². The van der Waals surface area contributed by atoms with Crippen LogP contribution >= 0.6 is 11.3 Å². The van der Waals surface area contributed by atoms with Gasteiger partial charge in [0.05, 0.1) is 6.54 Å². The van der Waals surface area contributed by atoms with Crippen molar-refractivity contribution in [1.29, 1.82) is 0 Å². The van der Waals surface area contributed by atoms with E-state index in [0.717, 1.165) is 25.8 Å². The van der Waals surface area contributed by atoms with Crippen LogP contribution in [0.1, 0.15) is 32.1 Å². The molecule has 1 unspecified atom stereocenters.